The number of likely N-dealkylation sites (tertiary alicyclic amines) is 1. The lowest BCUT2D eigenvalue weighted by Gasteiger charge is -2.41. The van der Waals surface area contributed by atoms with Crippen LogP contribution in [-0.4, -0.2) is 104 Å². The van der Waals surface area contributed by atoms with E-state index in [1.807, 2.05) is 78.5 Å². The Morgan fingerprint density at radius 2 is 1.54 bits per heavy atom. The van der Waals surface area contributed by atoms with Crippen molar-refractivity contribution in [2.45, 2.75) is 136 Å². The Balaban J connectivity index is 2.23. The molecule has 0 saturated carbocycles. The quantitative estimate of drug-likeness (QED) is 0.195. The molecule has 2 rings (SSSR count). The normalized spacial score (nSPS) is 20.3. The molecule has 1 aromatic carbocycles. The molecule has 1 heterocycles. The molecule has 11 nitrogen and oxygen atoms in total. The minimum atomic E-state index is -0.784. The number of rotatable bonds is 19. The fourth-order valence-corrected chi connectivity index (χ4v) is 7.12. The lowest BCUT2D eigenvalue weighted by molar-refractivity contribution is -0.147. The average molecular weight is 702 g/mol. The van der Waals surface area contributed by atoms with Crippen molar-refractivity contribution in [3.05, 3.63) is 35.9 Å². The number of nitrogens with one attached hydrogen (secondary N) is 2. The number of nitrogens with zero attached hydrogens (tertiary/aromatic N) is 2. The highest BCUT2D eigenvalue weighted by Gasteiger charge is 2.43. The molecule has 4 N–H and O–H groups in total. The van der Waals surface area contributed by atoms with Crippen molar-refractivity contribution in [1.82, 2.24) is 20.4 Å². The Kier molecular flexibility index (Phi) is 17.4. The van der Waals surface area contributed by atoms with E-state index >= 15 is 0 Å². The van der Waals surface area contributed by atoms with Gasteiger partial charge in [0.1, 0.15) is 6.04 Å². The largest absolute Gasteiger partial charge is 0.379 e. The molecule has 0 aromatic heterocycles. The SMILES string of the molecule is CCC(C)C(C(CC(=O)N1CCCC1C(OC)C(C)C(=O)NC(C)C(C)c1ccccc1)OC)N(C)C(=O)C(NC(=O)C(N)C(C)C)C(C)C. The maximum Gasteiger partial charge on any atom is 0.245 e. The van der Waals surface area contributed by atoms with E-state index in [0.717, 1.165) is 24.8 Å². The summed E-state index contributed by atoms with van der Waals surface area (Å²) in [4.78, 5) is 58.0. The Labute approximate surface area is 301 Å². The Morgan fingerprint density at radius 1 is 0.920 bits per heavy atom. The molecule has 1 fully saturated rings. The molecule has 1 aromatic rings. The topological polar surface area (TPSA) is 143 Å². The lowest BCUT2D eigenvalue weighted by Crippen LogP contribution is -2.59. The molecule has 50 heavy (non-hydrogen) atoms. The summed E-state index contributed by atoms with van der Waals surface area (Å²) in [6.07, 6.45) is 1.22. The van der Waals surface area contributed by atoms with Crippen molar-refractivity contribution >= 4 is 23.6 Å². The van der Waals surface area contributed by atoms with Crippen LogP contribution in [0.25, 0.3) is 0 Å². The molecular formula is C39H67N5O6. The Bertz CT molecular complexity index is 1230. The van der Waals surface area contributed by atoms with E-state index in [2.05, 4.69) is 29.7 Å². The van der Waals surface area contributed by atoms with Gasteiger partial charge in [-0.15, -0.1) is 0 Å². The second-order valence-corrected chi connectivity index (χ2v) is 15.1. The average Bonchev–Trinajstić information content (AvgIpc) is 3.58. The van der Waals surface area contributed by atoms with Crippen LogP contribution in [0.2, 0.25) is 0 Å². The number of carbonyl (C=O) groups is 4. The van der Waals surface area contributed by atoms with Crippen molar-refractivity contribution in [1.29, 1.82) is 0 Å². The number of hydrogen-bond donors (Lipinski definition) is 3. The highest BCUT2D eigenvalue weighted by atomic mass is 16.5. The molecular weight excluding hydrogens is 634 g/mol. The molecule has 0 radical (unpaired) electrons. The van der Waals surface area contributed by atoms with Crippen LogP contribution in [0.15, 0.2) is 30.3 Å². The van der Waals surface area contributed by atoms with Crippen molar-refractivity contribution in [2.75, 3.05) is 27.8 Å². The Hall–Kier alpha value is -3.02. The van der Waals surface area contributed by atoms with E-state index in [4.69, 9.17) is 15.2 Å². The van der Waals surface area contributed by atoms with Crippen LogP contribution in [0.3, 0.4) is 0 Å². The Morgan fingerprint density at radius 3 is 2.06 bits per heavy atom. The summed E-state index contributed by atoms with van der Waals surface area (Å²) in [7, 11) is 4.89. The van der Waals surface area contributed by atoms with Crippen LogP contribution < -0.4 is 16.4 Å². The van der Waals surface area contributed by atoms with Crippen LogP contribution in [-0.2, 0) is 28.7 Å². The van der Waals surface area contributed by atoms with Crippen LogP contribution >= 0.6 is 0 Å². The third-order valence-corrected chi connectivity index (χ3v) is 11.0. The molecule has 4 amide bonds. The number of nitrogens with two attached hydrogens (primary N) is 1. The van der Waals surface area contributed by atoms with Crippen LogP contribution in [0.4, 0.5) is 0 Å². The maximum atomic E-state index is 14.1. The smallest absolute Gasteiger partial charge is 0.245 e. The first-order valence-corrected chi connectivity index (χ1v) is 18.5. The molecule has 1 aliphatic heterocycles. The predicted octanol–water partition coefficient (Wildman–Crippen LogP) is 4.34. The summed E-state index contributed by atoms with van der Waals surface area (Å²) >= 11 is 0. The zero-order valence-corrected chi connectivity index (χ0v) is 32.8. The molecule has 0 spiro atoms. The van der Waals surface area contributed by atoms with E-state index in [1.54, 1.807) is 26.2 Å². The van der Waals surface area contributed by atoms with E-state index < -0.39 is 36.3 Å². The van der Waals surface area contributed by atoms with Gasteiger partial charge in [-0.1, -0.05) is 92.1 Å². The molecule has 0 bridgehead atoms. The van der Waals surface area contributed by atoms with Gasteiger partial charge in [0, 0.05) is 39.8 Å². The molecule has 0 aliphatic carbocycles. The first-order valence-electron chi connectivity index (χ1n) is 18.5. The van der Waals surface area contributed by atoms with Gasteiger partial charge in [0.15, 0.2) is 0 Å². The van der Waals surface area contributed by atoms with Crippen molar-refractivity contribution in [3.8, 4) is 0 Å². The zero-order chi connectivity index (χ0) is 37.9. The van der Waals surface area contributed by atoms with Gasteiger partial charge in [-0.2, -0.15) is 0 Å². The van der Waals surface area contributed by atoms with Crippen LogP contribution in [0.5, 0.6) is 0 Å². The van der Waals surface area contributed by atoms with Gasteiger partial charge < -0.3 is 35.6 Å². The van der Waals surface area contributed by atoms with Gasteiger partial charge >= 0.3 is 0 Å². The predicted molar refractivity (Wildman–Crippen MR) is 198 cm³/mol. The molecule has 11 heteroatoms. The number of methoxy groups -OCH3 is 2. The fourth-order valence-electron chi connectivity index (χ4n) is 7.12. The van der Waals surface area contributed by atoms with Crippen molar-refractivity contribution in [3.63, 3.8) is 0 Å². The van der Waals surface area contributed by atoms with Crippen molar-refractivity contribution in [2.24, 2.45) is 29.4 Å². The van der Waals surface area contributed by atoms with Crippen LogP contribution in [0, 0.1) is 23.7 Å². The van der Waals surface area contributed by atoms with Gasteiger partial charge in [-0.3, -0.25) is 19.2 Å². The summed E-state index contributed by atoms with van der Waals surface area (Å²) in [5.41, 5.74) is 7.25. The second-order valence-electron chi connectivity index (χ2n) is 15.1. The van der Waals surface area contributed by atoms with E-state index in [0.29, 0.717) is 6.54 Å². The summed E-state index contributed by atoms with van der Waals surface area (Å²) in [6, 6.07) is 7.77. The summed E-state index contributed by atoms with van der Waals surface area (Å²) in [5, 5.41) is 6.07. The minimum absolute atomic E-state index is 0.00628. The number of ether oxygens (including phenoxy) is 2. The number of carbonyl (C=O) groups excluding carboxylic acids is 4. The van der Waals surface area contributed by atoms with E-state index in [-0.39, 0.29) is 65.8 Å². The molecule has 1 aliphatic rings. The van der Waals surface area contributed by atoms with Gasteiger partial charge in [0.2, 0.25) is 23.6 Å². The molecule has 10 unspecified atom stereocenters. The summed E-state index contributed by atoms with van der Waals surface area (Å²) in [6.45, 7) is 18.1. The third-order valence-electron chi connectivity index (χ3n) is 11.0. The number of benzene rings is 1. The monoisotopic (exact) mass is 702 g/mol. The highest BCUT2D eigenvalue weighted by molar-refractivity contribution is 5.90. The van der Waals surface area contributed by atoms with Crippen LogP contribution in [0.1, 0.15) is 99.5 Å². The number of amides is 4. The maximum absolute atomic E-state index is 14.1. The lowest BCUT2D eigenvalue weighted by atomic mass is 9.89. The number of hydrogen-bond acceptors (Lipinski definition) is 7. The van der Waals surface area contributed by atoms with Gasteiger partial charge in [-0.25, -0.2) is 0 Å². The standard InChI is InChI=1S/C39H67N5O6/c1-13-25(6)35(43(10)39(48)34(24(4)5)42-38(47)33(40)23(2)3)31(49-11)22-32(45)44-21-17-20-30(44)36(50-12)27(8)37(46)41-28(9)26(7)29-18-15-14-16-19-29/h14-16,18-19,23-28,30-31,33-36H,13,17,20-22,40H2,1-12H3,(H,41,46)(H,42,47). The van der Waals surface area contributed by atoms with Gasteiger partial charge in [0.05, 0.1) is 42.7 Å². The second kappa shape index (κ2) is 20.1. The highest BCUT2D eigenvalue weighted by Crippen LogP contribution is 2.30. The van der Waals surface area contributed by atoms with Gasteiger partial charge in [0.25, 0.3) is 0 Å². The van der Waals surface area contributed by atoms with Gasteiger partial charge in [-0.05, 0) is 43.1 Å². The summed E-state index contributed by atoms with van der Waals surface area (Å²) in [5.74, 6) is -1.48. The first-order chi connectivity index (χ1) is 23.5. The fraction of sp³-hybridized carbons (Fsp3) is 0.744. The first kappa shape index (κ1) is 43.1. The zero-order valence-electron chi connectivity index (χ0n) is 32.8. The van der Waals surface area contributed by atoms with E-state index in [9.17, 15) is 19.2 Å². The molecule has 10 atom stereocenters. The molecule has 1 saturated heterocycles. The van der Waals surface area contributed by atoms with E-state index in [1.165, 1.54) is 0 Å². The minimum Gasteiger partial charge on any atom is -0.379 e. The third kappa shape index (κ3) is 11.0. The molecule has 284 valence electrons. The summed E-state index contributed by atoms with van der Waals surface area (Å²) < 4.78 is 12.0. The number of likely N-dealkylation sites (N-methyl/N-ethyl adjacent to an activating group) is 1. The van der Waals surface area contributed by atoms with Crippen molar-refractivity contribution < 1.29 is 28.7 Å².